The smallest absolute Gasteiger partial charge is 0.265 e. The van der Waals surface area contributed by atoms with Crippen molar-refractivity contribution >= 4 is 23.7 Å². The predicted octanol–water partition coefficient (Wildman–Crippen LogP) is 3.47. The van der Waals surface area contributed by atoms with Gasteiger partial charge in [0.2, 0.25) is 5.91 Å². The second-order valence-electron chi connectivity index (χ2n) is 6.69. The Labute approximate surface area is 176 Å². The monoisotopic (exact) mass is 410 g/mol. The highest BCUT2D eigenvalue weighted by Gasteiger charge is 2.39. The van der Waals surface area contributed by atoms with Gasteiger partial charge < -0.3 is 14.2 Å². The van der Waals surface area contributed by atoms with Crippen molar-refractivity contribution in [3.8, 4) is 11.5 Å². The molecule has 0 bridgehead atoms. The van der Waals surface area contributed by atoms with Gasteiger partial charge in [-0.05, 0) is 37.1 Å². The van der Waals surface area contributed by atoms with Crippen LogP contribution in [0.25, 0.3) is 0 Å². The summed E-state index contributed by atoms with van der Waals surface area (Å²) in [4.78, 5) is 32.1. The topological polar surface area (TPSA) is 77.4 Å². The number of methoxy groups -OCH3 is 2. The Balaban J connectivity index is 1.93. The van der Waals surface area contributed by atoms with Crippen LogP contribution in [-0.2, 0) is 9.53 Å². The van der Waals surface area contributed by atoms with Crippen LogP contribution in [0.5, 0.6) is 11.5 Å². The minimum Gasteiger partial charge on any atom is -0.493 e. The molecule has 158 valence electrons. The maximum absolute atomic E-state index is 13.3. The number of hydrogen-bond acceptors (Lipinski definition) is 6. The van der Waals surface area contributed by atoms with Crippen molar-refractivity contribution in [3.63, 3.8) is 0 Å². The SMILES string of the molecule is CCOCCCN=CC1C(=O)N(c2ccc(OC)c(OC)c2)C(=O)c2ccccc21. The number of benzene rings is 2. The Kier molecular flexibility index (Phi) is 7.19. The first-order valence-corrected chi connectivity index (χ1v) is 9.89. The van der Waals surface area contributed by atoms with E-state index in [4.69, 9.17) is 14.2 Å². The molecule has 0 fully saturated rings. The number of imide groups is 1. The molecule has 0 saturated carbocycles. The van der Waals surface area contributed by atoms with Crippen molar-refractivity contribution < 1.29 is 23.8 Å². The molecule has 1 unspecified atom stereocenters. The van der Waals surface area contributed by atoms with Gasteiger partial charge in [-0.1, -0.05) is 18.2 Å². The number of nitrogens with zero attached hydrogens (tertiary/aromatic N) is 2. The first kappa shape index (κ1) is 21.5. The summed E-state index contributed by atoms with van der Waals surface area (Å²) in [7, 11) is 3.04. The molecular weight excluding hydrogens is 384 g/mol. The van der Waals surface area contributed by atoms with Crippen molar-refractivity contribution in [2.45, 2.75) is 19.3 Å². The summed E-state index contributed by atoms with van der Waals surface area (Å²) in [6.07, 6.45) is 2.40. The minimum atomic E-state index is -0.640. The number of carbonyl (C=O) groups excluding carboxylic acids is 2. The van der Waals surface area contributed by atoms with Gasteiger partial charge >= 0.3 is 0 Å². The van der Waals surface area contributed by atoms with Crippen LogP contribution in [0.15, 0.2) is 47.5 Å². The Morgan fingerprint density at radius 2 is 1.83 bits per heavy atom. The Morgan fingerprint density at radius 1 is 1.07 bits per heavy atom. The lowest BCUT2D eigenvalue weighted by Crippen LogP contribution is -2.45. The summed E-state index contributed by atoms with van der Waals surface area (Å²) in [5, 5.41) is 0. The number of fused-ring (bicyclic) bond motifs is 1. The number of amides is 2. The second-order valence-corrected chi connectivity index (χ2v) is 6.69. The van der Waals surface area contributed by atoms with E-state index in [0.29, 0.717) is 48.1 Å². The first-order valence-electron chi connectivity index (χ1n) is 9.89. The molecule has 0 spiro atoms. The Hall–Kier alpha value is -3.19. The first-order chi connectivity index (χ1) is 14.6. The number of rotatable bonds is 9. The molecule has 0 saturated heterocycles. The van der Waals surface area contributed by atoms with Gasteiger partial charge in [0.15, 0.2) is 11.5 Å². The van der Waals surface area contributed by atoms with Crippen molar-refractivity contribution in [1.82, 2.24) is 0 Å². The fourth-order valence-corrected chi connectivity index (χ4v) is 3.39. The highest BCUT2D eigenvalue weighted by atomic mass is 16.5. The molecule has 1 atom stereocenters. The van der Waals surface area contributed by atoms with E-state index >= 15 is 0 Å². The van der Waals surface area contributed by atoms with Crippen LogP contribution < -0.4 is 14.4 Å². The average molecular weight is 410 g/mol. The summed E-state index contributed by atoms with van der Waals surface area (Å²) in [5.74, 6) is -0.399. The lowest BCUT2D eigenvalue weighted by atomic mass is 9.89. The molecular formula is C23H26N2O5. The minimum absolute atomic E-state index is 0.348. The van der Waals surface area contributed by atoms with Crippen LogP contribution in [0.3, 0.4) is 0 Å². The van der Waals surface area contributed by atoms with Gasteiger partial charge in [0.05, 0.1) is 25.8 Å². The zero-order chi connectivity index (χ0) is 21.5. The molecule has 30 heavy (non-hydrogen) atoms. The molecule has 0 aliphatic carbocycles. The molecule has 7 nitrogen and oxygen atoms in total. The standard InChI is InChI=1S/C23H26N2O5/c1-4-30-13-7-12-24-15-19-17-8-5-6-9-18(17)22(26)25(23(19)27)16-10-11-20(28-2)21(14-16)29-3/h5-6,8-11,14-15,19H,4,7,12-13H2,1-3H3. The third-order valence-electron chi connectivity index (χ3n) is 4.88. The van der Waals surface area contributed by atoms with Gasteiger partial charge in [-0.3, -0.25) is 14.6 Å². The van der Waals surface area contributed by atoms with Gasteiger partial charge in [0.25, 0.3) is 5.91 Å². The molecule has 0 radical (unpaired) electrons. The van der Waals surface area contributed by atoms with Gasteiger partial charge in [-0.2, -0.15) is 0 Å². The van der Waals surface area contributed by atoms with E-state index in [9.17, 15) is 9.59 Å². The zero-order valence-electron chi connectivity index (χ0n) is 17.5. The van der Waals surface area contributed by atoms with E-state index in [1.807, 2.05) is 13.0 Å². The van der Waals surface area contributed by atoms with E-state index in [-0.39, 0.29) is 11.8 Å². The molecule has 7 heteroatoms. The van der Waals surface area contributed by atoms with Gasteiger partial charge in [0.1, 0.15) is 0 Å². The number of aliphatic imine (C=N–C) groups is 1. The van der Waals surface area contributed by atoms with Crippen molar-refractivity contribution in [2.75, 3.05) is 38.9 Å². The average Bonchev–Trinajstić information content (AvgIpc) is 2.78. The fourth-order valence-electron chi connectivity index (χ4n) is 3.39. The number of anilines is 1. The summed E-state index contributed by atoms with van der Waals surface area (Å²) in [6, 6.07) is 12.1. The molecule has 1 aliphatic heterocycles. The zero-order valence-corrected chi connectivity index (χ0v) is 17.5. The number of ether oxygens (including phenoxy) is 3. The predicted molar refractivity (Wildman–Crippen MR) is 115 cm³/mol. The van der Waals surface area contributed by atoms with E-state index in [2.05, 4.69) is 4.99 Å². The number of carbonyl (C=O) groups is 2. The summed E-state index contributed by atoms with van der Waals surface area (Å²) < 4.78 is 15.9. The lowest BCUT2D eigenvalue weighted by Gasteiger charge is -2.31. The van der Waals surface area contributed by atoms with Crippen LogP contribution >= 0.6 is 0 Å². The lowest BCUT2D eigenvalue weighted by molar-refractivity contribution is -0.118. The number of hydrogen-bond donors (Lipinski definition) is 0. The van der Waals surface area contributed by atoms with Gasteiger partial charge in [-0.15, -0.1) is 0 Å². The molecule has 1 aliphatic rings. The largest absolute Gasteiger partial charge is 0.493 e. The van der Waals surface area contributed by atoms with E-state index in [1.54, 1.807) is 42.6 Å². The molecule has 2 aromatic carbocycles. The van der Waals surface area contributed by atoms with E-state index in [0.717, 1.165) is 6.42 Å². The fraction of sp³-hybridized carbons (Fsp3) is 0.348. The normalized spacial score (nSPS) is 16.1. The third kappa shape index (κ3) is 4.36. The highest BCUT2D eigenvalue weighted by Crippen LogP contribution is 2.36. The summed E-state index contributed by atoms with van der Waals surface area (Å²) in [6.45, 7) is 3.79. The molecule has 0 aromatic heterocycles. The molecule has 0 N–H and O–H groups in total. The Morgan fingerprint density at radius 3 is 2.57 bits per heavy atom. The third-order valence-corrected chi connectivity index (χ3v) is 4.88. The maximum atomic E-state index is 13.3. The van der Waals surface area contributed by atoms with Crippen LogP contribution in [0, 0.1) is 0 Å². The molecule has 2 aromatic rings. The Bertz CT molecular complexity index is 941. The molecule has 3 rings (SSSR count). The molecule has 1 heterocycles. The summed E-state index contributed by atoms with van der Waals surface area (Å²) >= 11 is 0. The second kappa shape index (κ2) is 10.0. The highest BCUT2D eigenvalue weighted by molar-refractivity contribution is 6.29. The van der Waals surface area contributed by atoms with Crippen LogP contribution in [-0.4, -0.2) is 52.0 Å². The van der Waals surface area contributed by atoms with E-state index < -0.39 is 5.92 Å². The van der Waals surface area contributed by atoms with E-state index in [1.165, 1.54) is 19.1 Å². The molecule has 2 amide bonds. The summed E-state index contributed by atoms with van der Waals surface area (Å²) in [5.41, 5.74) is 1.57. The van der Waals surface area contributed by atoms with Crippen molar-refractivity contribution in [3.05, 3.63) is 53.6 Å². The van der Waals surface area contributed by atoms with Crippen LogP contribution in [0.2, 0.25) is 0 Å². The van der Waals surface area contributed by atoms with Crippen molar-refractivity contribution in [2.24, 2.45) is 4.99 Å². The van der Waals surface area contributed by atoms with Gasteiger partial charge in [0, 0.05) is 37.6 Å². The quantitative estimate of drug-likeness (QED) is 0.359. The van der Waals surface area contributed by atoms with Crippen LogP contribution in [0.1, 0.15) is 35.2 Å². The maximum Gasteiger partial charge on any atom is 0.265 e. The van der Waals surface area contributed by atoms with Crippen molar-refractivity contribution in [1.29, 1.82) is 0 Å². The van der Waals surface area contributed by atoms with Crippen LogP contribution in [0.4, 0.5) is 5.69 Å². The van der Waals surface area contributed by atoms with Gasteiger partial charge in [-0.25, -0.2) is 4.90 Å².